The molecule has 0 bridgehead atoms. The van der Waals surface area contributed by atoms with E-state index in [9.17, 15) is 4.79 Å². The Kier molecular flexibility index (Phi) is 5.83. The lowest BCUT2D eigenvalue weighted by Gasteiger charge is -2.21. The lowest BCUT2D eigenvalue weighted by molar-refractivity contribution is -0.121. The average molecular weight is 283 g/mol. The highest BCUT2D eigenvalue weighted by molar-refractivity contribution is 6.30. The number of hydrogen-bond acceptors (Lipinski definition) is 2. The van der Waals surface area contributed by atoms with E-state index in [4.69, 9.17) is 11.6 Å². The zero-order valence-corrected chi connectivity index (χ0v) is 12.8. The van der Waals surface area contributed by atoms with E-state index in [1.165, 1.54) is 0 Å². The average Bonchev–Trinajstić information content (AvgIpc) is 2.27. The molecular formula is C15H23ClN2O. The summed E-state index contributed by atoms with van der Waals surface area (Å²) < 4.78 is 0. The molecule has 106 valence electrons. The number of hydrogen-bond donors (Lipinski definition) is 2. The van der Waals surface area contributed by atoms with Crippen molar-refractivity contribution in [3.8, 4) is 0 Å². The Bertz CT molecular complexity index is 409. The van der Waals surface area contributed by atoms with Crippen LogP contribution in [0.25, 0.3) is 0 Å². The summed E-state index contributed by atoms with van der Waals surface area (Å²) in [6.45, 7) is 8.91. The molecule has 0 fully saturated rings. The van der Waals surface area contributed by atoms with Crippen LogP contribution in [0, 0.1) is 0 Å². The van der Waals surface area contributed by atoms with Crippen LogP contribution >= 0.6 is 11.6 Å². The summed E-state index contributed by atoms with van der Waals surface area (Å²) in [5.74, 6) is 0.0548. The second-order valence-corrected chi connectivity index (χ2v) is 6.20. The maximum Gasteiger partial charge on any atom is 0.221 e. The topological polar surface area (TPSA) is 41.1 Å². The van der Waals surface area contributed by atoms with Gasteiger partial charge in [0.1, 0.15) is 0 Å². The minimum Gasteiger partial charge on any atom is -0.350 e. The summed E-state index contributed by atoms with van der Waals surface area (Å²) in [4.78, 5) is 11.8. The van der Waals surface area contributed by atoms with Crippen molar-refractivity contribution in [3.05, 3.63) is 34.9 Å². The predicted octanol–water partition coefficient (Wildman–Crippen LogP) is 3.30. The molecule has 0 saturated heterocycles. The summed E-state index contributed by atoms with van der Waals surface area (Å²) in [7, 11) is 0. The van der Waals surface area contributed by atoms with Gasteiger partial charge in [0, 0.05) is 23.5 Å². The normalized spacial score (nSPS) is 13.1. The third-order valence-electron chi connectivity index (χ3n) is 2.75. The number of carbonyl (C=O) groups is 1. The molecule has 0 saturated carbocycles. The molecular weight excluding hydrogens is 260 g/mol. The SMILES string of the molecule is C[C@H](NC(=O)CCNC(C)(C)C)c1ccc(Cl)cc1. The Morgan fingerprint density at radius 2 is 1.84 bits per heavy atom. The molecule has 0 aromatic heterocycles. The zero-order chi connectivity index (χ0) is 14.5. The van der Waals surface area contributed by atoms with E-state index in [0.717, 1.165) is 5.56 Å². The largest absolute Gasteiger partial charge is 0.350 e. The Morgan fingerprint density at radius 1 is 1.26 bits per heavy atom. The molecule has 0 aliphatic rings. The Morgan fingerprint density at radius 3 is 2.37 bits per heavy atom. The van der Waals surface area contributed by atoms with Crippen LogP contribution in [-0.2, 0) is 4.79 Å². The highest BCUT2D eigenvalue weighted by Crippen LogP contribution is 2.15. The van der Waals surface area contributed by atoms with Gasteiger partial charge in [-0.3, -0.25) is 4.79 Å². The van der Waals surface area contributed by atoms with Gasteiger partial charge >= 0.3 is 0 Å². The van der Waals surface area contributed by atoms with Gasteiger partial charge in [-0.1, -0.05) is 23.7 Å². The van der Waals surface area contributed by atoms with Crippen LogP contribution in [0.2, 0.25) is 5.02 Å². The van der Waals surface area contributed by atoms with E-state index < -0.39 is 0 Å². The first-order valence-corrected chi connectivity index (χ1v) is 6.95. The van der Waals surface area contributed by atoms with Crippen molar-refractivity contribution >= 4 is 17.5 Å². The lowest BCUT2D eigenvalue weighted by atomic mass is 10.1. The van der Waals surface area contributed by atoms with Gasteiger partial charge < -0.3 is 10.6 Å². The van der Waals surface area contributed by atoms with Gasteiger partial charge in [-0.05, 0) is 45.4 Å². The van der Waals surface area contributed by atoms with Crippen LogP contribution in [0.3, 0.4) is 0 Å². The summed E-state index contributed by atoms with van der Waals surface area (Å²) in [6.07, 6.45) is 0.481. The van der Waals surface area contributed by atoms with Crippen LogP contribution in [0.5, 0.6) is 0 Å². The first-order chi connectivity index (χ1) is 8.78. The van der Waals surface area contributed by atoms with E-state index in [1.54, 1.807) is 0 Å². The van der Waals surface area contributed by atoms with Crippen molar-refractivity contribution < 1.29 is 4.79 Å². The van der Waals surface area contributed by atoms with Crippen LogP contribution in [0.4, 0.5) is 0 Å². The maximum absolute atomic E-state index is 11.8. The lowest BCUT2D eigenvalue weighted by Crippen LogP contribution is -2.38. The molecule has 0 aliphatic carbocycles. The number of halogens is 1. The molecule has 0 spiro atoms. The molecule has 0 heterocycles. The maximum atomic E-state index is 11.8. The van der Waals surface area contributed by atoms with E-state index in [2.05, 4.69) is 31.4 Å². The Hall–Kier alpha value is -1.06. The van der Waals surface area contributed by atoms with E-state index in [0.29, 0.717) is 18.0 Å². The smallest absolute Gasteiger partial charge is 0.221 e. The molecule has 3 nitrogen and oxygen atoms in total. The number of nitrogens with one attached hydrogen (secondary N) is 2. The van der Waals surface area contributed by atoms with Crippen molar-refractivity contribution in [3.63, 3.8) is 0 Å². The molecule has 1 amide bonds. The van der Waals surface area contributed by atoms with Crippen molar-refractivity contribution in [2.75, 3.05) is 6.54 Å². The minimum absolute atomic E-state index is 0.000552. The molecule has 4 heteroatoms. The standard InChI is InChI=1S/C15H23ClN2O/c1-11(12-5-7-13(16)8-6-12)18-14(19)9-10-17-15(2,3)4/h5-8,11,17H,9-10H2,1-4H3,(H,18,19)/t11-/m0/s1. The van der Waals surface area contributed by atoms with Crippen LogP contribution < -0.4 is 10.6 Å². The fourth-order valence-corrected chi connectivity index (χ4v) is 1.83. The molecule has 1 rings (SSSR count). The summed E-state index contributed by atoms with van der Waals surface area (Å²) in [5.41, 5.74) is 1.10. The monoisotopic (exact) mass is 282 g/mol. The van der Waals surface area contributed by atoms with Gasteiger partial charge in [0.05, 0.1) is 6.04 Å². The third-order valence-corrected chi connectivity index (χ3v) is 3.01. The Balaban J connectivity index is 2.38. The number of carbonyl (C=O) groups excluding carboxylic acids is 1. The molecule has 0 aliphatic heterocycles. The van der Waals surface area contributed by atoms with Crippen molar-refractivity contribution in [2.24, 2.45) is 0 Å². The van der Waals surface area contributed by atoms with E-state index in [1.807, 2.05) is 31.2 Å². The van der Waals surface area contributed by atoms with Gasteiger partial charge in [-0.25, -0.2) is 0 Å². The molecule has 1 atom stereocenters. The van der Waals surface area contributed by atoms with Crippen molar-refractivity contribution in [1.29, 1.82) is 0 Å². The van der Waals surface area contributed by atoms with Gasteiger partial charge in [0.15, 0.2) is 0 Å². The van der Waals surface area contributed by atoms with Crippen LogP contribution in [0.1, 0.15) is 45.7 Å². The second-order valence-electron chi connectivity index (χ2n) is 5.77. The third kappa shape index (κ3) is 6.60. The molecule has 1 aromatic rings. The number of benzene rings is 1. The number of amides is 1. The van der Waals surface area contributed by atoms with E-state index in [-0.39, 0.29) is 17.5 Å². The quantitative estimate of drug-likeness (QED) is 0.870. The molecule has 1 aromatic carbocycles. The minimum atomic E-state index is -0.000552. The van der Waals surface area contributed by atoms with Crippen molar-refractivity contribution in [1.82, 2.24) is 10.6 Å². The van der Waals surface area contributed by atoms with Gasteiger partial charge in [-0.15, -0.1) is 0 Å². The first kappa shape index (κ1) is 16.0. The van der Waals surface area contributed by atoms with E-state index >= 15 is 0 Å². The van der Waals surface area contributed by atoms with Gasteiger partial charge in [-0.2, -0.15) is 0 Å². The van der Waals surface area contributed by atoms with Gasteiger partial charge in [0.2, 0.25) is 5.91 Å². The fraction of sp³-hybridized carbons (Fsp3) is 0.533. The summed E-state index contributed by atoms with van der Waals surface area (Å²) in [5, 5.41) is 6.98. The van der Waals surface area contributed by atoms with Crippen molar-refractivity contribution in [2.45, 2.75) is 45.7 Å². The summed E-state index contributed by atoms with van der Waals surface area (Å²) >= 11 is 5.84. The molecule has 2 N–H and O–H groups in total. The zero-order valence-electron chi connectivity index (χ0n) is 12.1. The van der Waals surface area contributed by atoms with Crippen LogP contribution in [0.15, 0.2) is 24.3 Å². The predicted molar refractivity (Wildman–Crippen MR) is 80.4 cm³/mol. The van der Waals surface area contributed by atoms with Gasteiger partial charge in [0.25, 0.3) is 0 Å². The highest BCUT2D eigenvalue weighted by Gasteiger charge is 2.12. The first-order valence-electron chi connectivity index (χ1n) is 6.58. The molecule has 0 unspecified atom stereocenters. The highest BCUT2D eigenvalue weighted by atomic mass is 35.5. The molecule has 19 heavy (non-hydrogen) atoms. The van der Waals surface area contributed by atoms with Crippen LogP contribution in [-0.4, -0.2) is 18.0 Å². The fourth-order valence-electron chi connectivity index (χ4n) is 1.70. The second kappa shape index (κ2) is 6.92. The Labute approximate surface area is 120 Å². The molecule has 0 radical (unpaired) electrons. The summed E-state index contributed by atoms with van der Waals surface area (Å²) in [6, 6.07) is 7.53. The number of rotatable bonds is 5.